The lowest BCUT2D eigenvalue weighted by Crippen LogP contribution is -2.52. The standard InChI is InChI=1S/C25H35N3O4S/c1-7-23(25(30)26-18(2)3)28(16-21-12-8-19(4)9-13-21)24(29)17-27(6)33(31,32)22-14-10-20(5)11-15-22/h8-15,18,23H,7,16-17H2,1-6H3,(H,26,30)/t23-/m0/s1. The third kappa shape index (κ3) is 7.14. The minimum absolute atomic E-state index is 0.0764. The fraction of sp³-hybridized carbons (Fsp3) is 0.440. The van der Waals surface area contributed by atoms with Crippen molar-refractivity contribution >= 4 is 21.8 Å². The van der Waals surface area contributed by atoms with Crippen LogP contribution in [-0.4, -0.2) is 55.1 Å². The van der Waals surface area contributed by atoms with Crippen LogP contribution in [0.4, 0.5) is 0 Å². The van der Waals surface area contributed by atoms with E-state index < -0.39 is 22.0 Å². The number of nitrogens with zero attached hydrogens (tertiary/aromatic N) is 2. The lowest BCUT2D eigenvalue weighted by Gasteiger charge is -2.32. The molecule has 2 aromatic rings. The van der Waals surface area contributed by atoms with Gasteiger partial charge in [0.1, 0.15) is 6.04 Å². The molecule has 180 valence electrons. The number of carbonyl (C=O) groups excluding carboxylic acids is 2. The van der Waals surface area contributed by atoms with E-state index in [0.29, 0.717) is 6.42 Å². The number of sulfonamides is 1. The van der Waals surface area contributed by atoms with Crippen molar-refractivity contribution < 1.29 is 18.0 Å². The molecule has 2 amide bonds. The molecule has 33 heavy (non-hydrogen) atoms. The Balaban J connectivity index is 2.31. The van der Waals surface area contributed by atoms with Gasteiger partial charge in [0.2, 0.25) is 21.8 Å². The van der Waals surface area contributed by atoms with Crippen molar-refractivity contribution in [3.8, 4) is 0 Å². The van der Waals surface area contributed by atoms with Crippen molar-refractivity contribution in [2.75, 3.05) is 13.6 Å². The van der Waals surface area contributed by atoms with Gasteiger partial charge in [0.15, 0.2) is 0 Å². The van der Waals surface area contributed by atoms with Crippen molar-refractivity contribution in [1.82, 2.24) is 14.5 Å². The SMILES string of the molecule is CC[C@@H](C(=O)NC(C)C)N(Cc1ccc(C)cc1)C(=O)CN(C)S(=O)(=O)c1ccc(C)cc1. The molecule has 8 heteroatoms. The smallest absolute Gasteiger partial charge is 0.243 e. The quantitative estimate of drug-likeness (QED) is 0.574. The first-order valence-electron chi connectivity index (χ1n) is 11.1. The molecular weight excluding hydrogens is 438 g/mol. The molecule has 0 aromatic heterocycles. The average molecular weight is 474 g/mol. The maximum Gasteiger partial charge on any atom is 0.243 e. The topological polar surface area (TPSA) is 86.8 Å². The van der Waals surface area contributed by atoms with Gasteiger partial charge in [-0.05, 0) is 51.8 Å². The van der Waals surface area contributed by atoms with Crippen LogP contribution in [0.3, 0.4) is 0 Å². The lowest BCUT2D eigenvalue weighted by molar-refractivity contribution is -0.141. The lowest BCUT2D eigenvalue weighted by atomic mass is 10.1. The largest absolute Gasteiger partial charge is 0.352 e. The maximum atomic E-state index is 13.4. The third-order valence-electron chi connectivity index (χ3n) is 5.38. The van der Waals surface area contributed by atoms with Gasteiger partial charge in [0.25, 0.3) is 0 Å². The van der Waals surface area contributed by atoms with Gasteiger partial charge in [-0.25, -0.2) is 8.42 Å². The van der Waals surface area contributed by atoms with Gasteiger partial charge in [0.05, 0.1) is 11.4 Å². The molecule has 7 nitrogen and oxygen atoms in total. The van der Waals surface area contributed by atoms with Gasteiger partial charge < -0.3 is 10.2 Å². The van der Waals surface area contributed by atoms with Crippen LogP contribution in [0.5, 0.6) is 0 Å². The minimum atomic E-state index is -3.85. The number of hydrogen-bond acceptors (Lipinski definition) is 4. The molecule has 0 saturated heterocycles. The van der Waals surface area contributed by atoms with Crippen LogP contribution in [0, 0.1) is 13.8 Å². The van der Waals surface area contributed by atoms with Gasteiger partial charge in [-0.2, -0.15) is 4.31 Å². The number of hydrogen-bond donors (Lipinski definition) is 1. The highest BCUT2D eigenvalue weighted by atomic mass is 32.2. The molecule has 0 fully saturated rings. The summed E-state index contributed by atoms with van der Waals surface area (Å²) < 4.78 is 27.0. The van der Waals surface area contributed by atoms with Gasteiger partial charge in [-0.1, -0.05) is 54.4 Å². The molecular formula is C25H35N3O4S. The molecule has 2 rings (SSSR count). The summed E-state index contributed by atoms with van der Waals surface area (Å²) in [5.41, 5.74) is 2.90. The van der Waals surface area contributed by atoms with E-state index in [1.54, 1.807) is 12.1 Å². The molecule has 0 aliphatic carbocycles. The summed E-state index contributed by atoms with van der Waals surface area (Å²) in [5.74, 6) is -0.684. The molecule has 0 spiro atoms. The molecule has 1 atom stereocenters. The Hall–Kier alpha value is -2.71. The first-order valence-corrected chi connectivity index (χ1v) is 12.6. The van der Waals surface area contributed by atoms with Crippen LogP contribution in [0.2, 0.25) is 0 Å². The number of aryl methyl sites for hydroxylation is 2. The van der Waals surface area contributed by atoms with E-state index in [1.807, 2.05) is 58.9 Å². The van der Waals surface area contributed by atoms with Crippen LogP contribution in [-0.2, 0) is 26.2 Å². The minimum Gasteiger partial charge on any atom is -0.352 e. The Morgan fingerprint density at radius 2 is 1.45 bits per heavy atom. The van der Waals surface area contributed by atoms with Crippen molar-refractivity contribution in [3.63, 3.8) is 0 Å². The normalized spacial score (nSPS) is 12.6. The molecule has 0 unspecified atom stereocenters. The Bertz CT molecular complexity index is 1050. The molecule has 0 radical (unpaired) electrons. The highest BCUT2D eigenvalue weighted by Gasteiger charge is 2.32. The first kappa shape index (κ1) is 26.5. The second-order valence-corrected chi connectivity index (χ2v) is 10.7. The summed E-state index contributed by atoms with van der Waals surface area (Å²) >= 11 is 0. The van der Waals surface area contributed by atoms with Gasteiger partial charge >= 0.3 is 0 Å². The zero-order valence-electron chi connectivity index (χ0n) is 20.3. The molecule has 0 heterocycles. The molecule has 1 N–H and O–H groups in total. The Morgan fingerprint density at radius 1 is 0.939 bits per heavy atom. The third-order valence-corrected chi connectivity index (χ3v) is 7.20. The summed E-state index contributed by atoms with van der Waals surface area (Å²) in [5, 5.41) is 2.87. The fourth-order valence-electron chi connectivity index (χ4n) is 3.45. The van der Waals surface area contributed by atoms with E-state index in [-0.39, 0.29) is 29.9 Å². The Morgan fingerprint density at radius 3 is 1.94 bits per heavy atom. The zero-order valence-corrected chi connectivity index (χ0v) is 21.1. The first-order chi connectivity index (χ1) is 15.4. The number of amides is 2. The van der Waals surface area contributed by atoms with E-state index in [9.17, 15) is 18.0 Å². The molecule has 2 aromatic carbocycles. The highest BCUT2D eigenvalue weighted by Crippen LogP contribution is 2.18. The van der Waals surface area contributed by atoms with Crippen molar-refractivity contribution in [2.24, 2.45) is 0 Å². The summed E-state index contributed by atoms with van der Waals surface area (Å²) in [6.45, 7) is 9.25. The number of benzene rings is 2. The molecule has 0 aliphatic rings. The number of carbonyl (C=O) groups is 2. The van der Waals surface area contributed by atoms with E-state index in [0.717, 1.165) is 21.0 Å². The Labute approximate surface area is 197 Å². The molecule has 0 aliphatic heterocycles. The van der Waals surface area contributed by atoms with Crippen LogP contribution in [0.1, 0.15) is 43.9 Å². The monoisotopic (exact) mass is 473 g/mol. The van der Waals surface area contributed by atoms with Gasteiger partial charge in [-0.3, -0.25) is 9.59 Å². The number of likely N-dealkylation sites (N-methyl/N-ethyl adjacent to an activating group) is 1. The fourth-order valence-corrected chi connectivity index (χ4v) is 4.57. The molecule has 0 saturated carbocycles. The maximum absolute atomic E-state index is 13.4. The average Bonchev–Trinajstić information content (AvgIpc) is 2.74. The number of rotatable bonds is 10. The van der Waals surface area contributed by atoms with E-state index >= 15 is 0 Å². The number of nitrogens with one attached hydrogen (secondary N) is 1. The van der Waals surface area contributed by atoms with E-state index in [2.05, 4.69) is 5.32 Å². The van der Waals surface area contributed by atoms with Crippen molar-refractivity contribution in [1.29, 1.82) is 0 Å². The van der Waals surface area contributed by atoms with Crippen LogP contribution in [0.15, 0.2) is 53.4 Å². The van der Waals surface area contributed by atoms with Crippen LogP contribution >= 0.6 is 0 Å². The molecule has 0 bridgehead atoms. The van der Waals surface area contributed by atoms with Crippen molar-refractivity contribution in [3.05, 3.63) is 65.2 Å². The second-order valence-electron chi connectivity index (χ2n) is 8.67. The van der Waals surface area contributed by atoms with Crippen LogP contribution in [0.25, 0.3) is 0 Å². The summed E-state index contributed by atoms with van der Waals surface area (Å²) in [4.78, 5) is 27.9. The van der Waals surface area contributed by atoms with Crippen molar-refractivity contribution in [2.45, 2.75) is 64.6 Å². The predicted molar refractivity (Wildman–Crippen MR) is 130 cm³/mol. The van der Waals surface area contributed by atoms with Gasteiger partial charge in [0, 0.05) is 19.6 Å². The Kier molecular flexibility index (Phi) is 9.19. The highest BCUT2D eigenvalue weighted by molar-refractivity contribution is 7.89. The predicted octanol–water partition coefficient (Wildman–Crippen LogP) is 3.26. The van der Waals surface area contributed by atoms with Gasteiger partial charge in [-0.15, -0.1) is 0 Å². The summed E-state index contributed by atoms with van der Waals surface area (Å²) in [6.07, 6.45) is 0.407. The van der Waals surface area contributed by atoms with E-state index in [4.69, 9.17) is 0 Å². The summed E-state index contributed by atoms with van der Waals surface area (Å²) in [6, 6.07) is 13.4. The summed E-state index contributed by atoms with van der Waals surface area (Å²) in [7, 11) is -2.47. The second kappa shape index (κ2) is 11.4. The van der Waals surface area contributed by atoms with E-state index in [1.165, 1.54) is 24.1 Å². The van der Waals surface area contributed by atoms with Crippen LogP contribution < -0.4 is 5.32 Å². The zero-order chi connectivity index (χ0) is 24.8.